The normalized spacial score (nSPS) is 12.6. The van der Waals surface area contributed by atoms with Crippen LogP contribution in [0.15, 0.2) is 52.3 Å². The number of fused-ring (bicyclic) bond motifs is 1. The number of aromatic nitrogens is 1. The van der Waals surface area contributed by atoms with E-state index in [4.69, 9.17) is 4.74 Å². The first-order chi connectivity index (χ1) is 15.3. The van der Waals surface area contributed by atoms with E-state index in [9.17, 15) is 19.2 Å². The fourth-order valence-electron chi connectivity index (χ4n) is 3.09. The van der Waals surface area contributed by atoms with Crippen LogP contribution >= 0.6 is 27.3 Å². The number of nitrogens with one attached hydrogen (secondary N) is 1. The number of ketones is 1. The summed E-state index contributed by atoms with van der Waals surface area (Å²) in [5.74, 6) is -2.88. The first kappa shape index (κ1) is 21.8. The number of benzene rings is 2. The number of halogens is 1. The topological polar surface area (TPSA) is 106 Å². The second kappa shape index (κ2) is 9.01. The molecule has 1 aliphatic rings. The molecule has 10 heteroatoms. The molecule has 2 aromatic carbocycles. The molecule has 32 heavy (non-hydrogen) atoms. The zero-order valence-electron chi connectivity index (χ0n) is 16.8. The lowest BCUT2D eigenvalue weighted by Crippen LogP contribution is -2.36. The minimum absolute atomic E-state index is 0.211. The fraction of sp³-hybridized carbons (Fsp3) is 0.136. The molecule has 2 amide bonds. The maximum atomic E-state index is 12.2. The molecule has 1 aromatic heterocycles. The Morgan fingerprint density at radius 1 is 1.16 bits per heavy atom. The number of aryl methyl sites for hydroxylation is 1. The third kappa shape index (κ3) is 4.61. The number of amides is 2. The minimum atomic E-state index is -0.814. The molecule has 0 atom stereocenters. The Morgan fingerprint density at radius 3 is 2.66 bits per heavy atom. The first-order valence-electron chi connectivity index (χ1n) is 9.45. The monoisotopic (exact) mass is 513 g/mol. The van der Waals surface area contributed by atoms with Crippen molar-refractivity contribution in [2.24, 2.45) is 0 Å². The van der Waals surface area contributed by atoms with Crippen LogP contribution < -0.4 is 10.2 Å². The molecule has 0 radical (unpaired) electrons. The van der Waals surface area contributed by atoms with Crippen molar-refractivity contribution in [3.8, 4) is 11.3 Å². The van der Waals surface area contributed by atoms with Crippen LogP contribution in [-0.2, 0) is 19.1 Å². The number of esters is 1. The quantitative estimate of drug-likeness (QED) is 0.398. The summed E-state index contributed by atoms with van der Waals surface area (Å²) in [6.07, 6.45) is 0. The Hall–Kier alpha value is -3.37. The van der Waals surface area contributed by atoms with Gasteiger partial charge in [0.2, 0.25) is 0 Å². The SMILES string of the molecule is Cc1ccc(-c2csc(NC(=O)COC(=O)CN3C(=O)C(=O)c4cc(Br)ccc43)n2)cc1. The highest BCUT2D eigenvalue weighted by atomic mass is 79.9. The zero-order valence-corrected chi connectivity index (χ0v) is 19.2. The lowest BCUT2D eigenvalue weighted by atomic mass is 10.1. The maximum absolute atomic E-state index is 12.2. The number of rotatable bonds is 6. The second-order valence-corrected chi connectivity index (χ2v) is 8.77. The molecule has 0 spiro atoms. The van der Waals surface area contributed by atoms with E-state index >= 15 is 0 Å². The molecule has 4 rings (SSSR count). The van der Waals surface area contributed by atoms with E-state index in [-0.39, 0.29) is 5.56 Å². The van der Waals surface area contributed by atoms with Crippen LogP contribution in [0.5, 0.6) is 0 Å². The summed E-state index contributed by atoms with van der Waals surface area (Å²) in [6.45, 7) is 0.982. The van der Waals surface area contributed by atoms with Gasteiger partial charge in [-0.1, -0.05) is 45.8 Å². The number of carbonyl (C=O) groups is 4. The van der Waals surface area contributed by atoms with E-state index < -0.39 is 36.7 Å². The fourth-order valence-corrected chi connectivity index (χ4v) is 4.19. The molecule has 0 bridgehead atoms. The lowest BCUT2D eigenvalue weighted by molar-refractivity contribution is -0.146. The summed E-state index contributed by atoms with van der Waals surface area (Å²) in [6, 6.07) is 12.6. The Labute approximate surface area is 195 Å². The highest BCUT2D eigenvalue weighted by Gasteiger charge is 2.37. The highest BCUT2D eigenvalue weighted by molar-refractivity contribution is 9.10. The average molecular weight is 514 g/mol. The molecule has 1 N–H and O–H groups in total. The molecular weight excluding hydrogens is 498 g/mol. The average Bonchev–Trinajstić information content (AvgIpc) is 3.32. The number of anilines is 2. The van der Waals surface area contributed by atoms with Crippen molar-refractivity contribution >= 4 is 61.7 Å². The van der Waals surface area contributed by atoms with Crippen LogP contribution in [0.4, 0.5) is 10.8 Å². The summed E-state index contributed by atoms with van der Waals surface area (Å²) in [4.78, 5) is 54.0. The van der Waals surface area contributed by atoms with Crippen LogP contribution in [-0.4, -0.2) is 41.7 Å². The number of ether oxygens (including phenoxy) is 1. The number of nitrogens with zero attached hydrogens (tertiary/aromatic N) is 2. The van der Waals surface area contributed by atoms with Crippen LogP contribution in [0.25, 0.3) is 11.3 Å². The summed E-state index contributed by atoms with van der Waals surface area (Å²) < 4.78 is 5.62. The van der Waals surface area contributed by atoms with Crippen LogP contribution in [0.2, 0.25) is 0 Å². The third-order valence-electron chi connectivity index (χ3n) is 4.68. The number of Topliss-reactive ketones (excluding diaryl/α,β-unsaturated/α-hetero) is 1. The predicted octanol–water partition coefficient (Wildman–Crippen LogP) is 3.59. The lowest BCUT2D eigenvalue weighted by Gasteiger charge is -2.15. The van der Waals surface area contributed by atoms with E-state index in [1.54, 1.807) is 12.1 Å². The van der Waals surface area contributed by atoms with E-state index in [0.717, 1.165) is 21.7 Å². The van der Waals surface area contributed by atoms with Gasteiger partial charge in [-0.25, -0.2) is 4.98 Å². The van der Waals surface area contributed by atoms with Crippen molar-refractivity contribution in [3.05, 3.63) is 63.4 Å². The van der Waals surface area contributed by atoms with Crippen LogP contribution in [0.3, 0.4) is 0 Å². The van der Waals surface area contributed by atoms with Crippen LogP contribution in [0.1, 0.15) is 15.9 Å². The number of thiazole rings is 1. The van der Waals surface area contributed by atoms with E-state index in [1.165, 1.54) is 17.4 Å². The Kier molecular flexibility index (Phi) is 6.15. The first-order valence-corrected chi connectivity index (χ1v) is 11.1. The predicted molar refractivity (Wildman–Crippen MR) is 123 cm³/mol. The maximum Gasteiger partial charge on any atom is 0.326 e. The van der Waals surface area contributed by atoms with Gasteiger partial charge < -0.3 is 4.74 Å². The molecule has 0 fully saturated rings. The molecule has 0 saturated carbocycles. The minimum Gasteiger partial charge on any atom is -0.454 e. The summed E-state index contributed by atoms with van der Waals surface area (Å²) in [7, 11) is 0. The Bertz CT molecular complexity index is 1240. The van der Waals surface area contributed by atoms with Crippen molar-refractivity contribution in [3.63, 3.8) is 0 Å². The smallest absolute Gasteiger partial charge is 0.326 e. The van der Waals surface area contributed by atoms with Crippen molar-refractivity contribution in [1.29, 1.82) is 0 Å². The van der Waals surface area contributed by atoms with Crippen molar-refractivity contribution in [2.45, 2.75) is 6.92 Å². The van der Waals surface area contributed by atoms with Gasteiger partial charge in [-0.2, -0.15) is 0 Å². The number of hydrogen-bond donors (Lipinski definition) is 1. The molecule has 1 aliphatic heterocycles. The van der Waals surface area contributed by atoms with E-state index in [1.807, 2.05) is 36.6 Å². The van der Waals surface area contributed by atoms with Gasteiger partial charge in [0.15, 0.2) is 11.7 Å². The van der Waals surface area contributed by atoms with Crippen molar-refractivity contribution in [1.82, 2.24) is 4.98 Å². The molecule has 0 unspecified atom stereocenters. The molecular formula is C22H16BrN3O5S. The molecule has 0 saturated heterocycles. The van der Waals surface area contributed by atoms with Gasteiger partial charge >= 0.3 is 5.97 Å². The van der Waals surface area contributed by atoms with Gasteiger partial charge in [0.1, 0.15) is 6.54 Å². The van der Waals surface area contributed by atoms with Gasteiger partial charge in [0, 0.05) is 15.4 Å². The van der Waals surface area contributed by atoms with Gasteiger partial charge in [0.25, 0.3) is 17.6 Å². The Morgan fingerprint density at radius 2 is 1.91 bits per heavy atom. The van der Waals surface area contributed by atoms with E-state index in [0.29, 0.717) is 15.3 Å². The van der Waals surface area contributed by atoms with Gasteiger partial charge in [-0.3, -0.25) is 29.4 Å². The van der Waals surface area contributed by atoms with Crippen LogP contribution in [0, 0.1) is 6.92 Å². The van der Waals surface area contributed by atoms with Gasteiger partial charge in [-0.05, 0) is 25.1 Å². The van der Waals surface area contributed by atoms with Gasteiger partial charge in [-0.15, -0.1) is 11.3 Å². The van der Waals surface area contributed by atoms with Crippen molar-refractivity contribution < 1.29 is 23.9 Å². The standard InChI is InChI=1S/C22H16BrN3O5S/c1-12-2-4-13(5-3-12)16-11-32-22(24-16)25-18(27)10-31-19(28)9-26-17-7-6-14(23)8-15(17)20(29)21(26)30/h2-8,11H,9-10H2,1H3,(H,24,25,27). The largest absolute Gasteiger partial charge is 0.454 e. The van der Waals surface area contributed by atoms with E-state index in [2.05, 4.69) is 26.2 Å². The van der Waals surface area contributed by atoms with Crippen molar-refractivity contribution in [2.75, 3.05) is 23.4 Å². The molecule has 8 nitrogen and oxygen atoms in total. The third-order valence-corrected chi connectivity index (χ3v) is 5.93. The number of hydrogen-bond acceptors (Lipinski definition) is 7. The second-order valence-electron chi connectivity index (χ2n) is 6.99. The summed E-state index contributed by atoms with van der Waals surface area (Å²) in [5.41, 5.74) is 3.33. The summed E-state index contributed by atoms with van der Waals surface area (Å²) >= 11 is 4.50. The highest BCUT2D eigenvalue weighted by Crippen LogP contribution is 2.31. The Balaban J connectivity index is 1.31. The molecule has 0 aliphatic carbocycles. The van der Waals surface area contributed by atoms with Gasteiger partial charge in [0.05, 0.1) is 16.9 Å². The zero-order chi connectivity index (χ0) is 22.8. The summed E-state index contributed by atoms with van der Waals surface area (Å²) in [5, 5.41) is 4.78. The molecule has 2 heterocycles. The molecule has 162 valence electrons. The molecule has 3 aromatic rings. The number of carbonyl (C=O) groups excluding carboxylic acids is 4.